The molecule has 39 heavy (non-hydrogen) atoms. The van der Waals surface area contributed by atoms with Crippen LogP contribution in [0.3, 0.4) is 0 Å². The van der Waals surface area contributed by atoms with E-state index in [-0.39, 0.29) is 21.5 Å². The normalized spacial score (nSPS) is 12.6. The van der Waals surface area contributed by atoms with E-state index in [1.54, 1.807) is 39.8 Å². The molecule has 0 fully saturated rings. The van der Waals surface area contributed by atoms with Crippen molar-refractivity contribution in [1.82, 2.24) is 8.87 Å². The van der Waals surface area contributed by atoms with E-state index in [2.05, 4.69) is 0 Å². The summed E-state index contributed by atoms with van der Waals surface area (Å²) in [5.41, 5.74) is 0.120. The van der Waals surface area contributed by atoms with Crippen molar-refractivity contribution in [2.75, 3.05) is 7.11 Å². The van der Waals surface area contributed by atoms with Gasteiger partial charge in [-0.05, 0) is 52.8 Å². The third-order valence-corrected chi connectivity index (χ3v) is 7.74. The molecule has 0 aliphatic heterocycles. The number of non-ortho nitro benzene ring substituents is 1. The molecule has 2 aromatic carbocycles. The Morgan fingerprint density at radius 3 is 2.26 bits per heavy atom. The van der Waals surface area contributed by atoms with Crippen LogP contribution < -0.4 is 0 Å². The van der Waals surface area contributed by atoms with Gasteiger partial charge in [-0.2, -0.15) is 4.31 Å². The largest absolute Gasteiger partial charge is 0.467 e. The van der Waals surface area contributed by atoms with Crippen LogP contribution >= 0.6 is 0 Å². The van der Waals surface area contributed by atoms with Crippen LogP contribution in [0.15, 0.2) is 47.4 Å². The number of amides is 1. The molecule has 0 aliphatic carbocycles. The number of fused-ring (bicyclic) bond motifs is 1. The van der Waals surface area contributed by atoms with Crippen LogP contribution in [0.1, 0.15) is 42.4 Å². The highest BCUT2D eigenvalue weighted by atomic mass is 32.2. The first kappa shape index (κ1) is 29.3. The Morgan fingerprint density at radius 2 is 1.74 bits per heavy atom. The summed E-state index contributed by atoms with van der Waals surface area (Å²) in [4.78, 5) is 48.9. The Kier molecular flexibility index (Phi) is 8.15. The van der Waals surface area contributed by atoms with Gasteiger partial charge < -0.3 is 14.0 Å². The average molecular weight is 560 g/mol. The molecule has 3 aromatic rings. The average Bonchev–Trinajstić information content (AvgIpc) is 3.11. The van der Waals surface area contributed by atoms with Crippen molar-refractivity contribution in [2.45, 2.75) is 57.7 Å². The lowest BCUT2D eigenvalue weighted by Crippen LogP contribution is -2.52. The molecule has 208 valence electrons. The van der Waals surface area contributed by atoms with Crippen molar-refractivity contribution in [2.24, 2.45) is 0 Å². The zero-order valence-electron chi connectivity index (χ0n) is 22.3. The van der Waals surface area contributed by atoms with Crippen molar-refractivity contribution >= 4 is 45.0 Å². The third kappa shape index (κ3) is 5.93. The van der Waals surface area contributed by atoms with Crippen molar-refractivity contribution in [3.05, 3.63) is 69.4 Å². The van der Waals surface area contributed by atoms with Gasteiger partial charge in [-0.1, -0.05) is 17.7 Å². The summed E-state index contributed by atoms with van der Waals surface area (Å²) < 4.78 is 39.7. The summed E-state index contributed by atoms with van der Waals surface area (Å²) in [7, 11) is -3.62. The molecule has 0 spiro atoms. The van der Waals surface area contributed by atoms with E-state index < -0.39 is 45.2 Å². The van der Waals surface area contributed by atoms with Gasteiger partial charge in [0, 0.05) is 34.3 Å². The van der Waals surface area contributed by atoms with Gasteiger partial charge in [-0.3, -0.25) is 14.9 Å². The van der Waals surface area contributed by atoms with Crippen molar-refractivity contribution < 1.29 is 37.2 Å². The number of methoxy groups -OCH3 is 1. The van der Waals surface area contributed by atoms with Gasteiger partial charge in [0.2, 0.25) is 0 Å². The van der Waals surface area contributed by atoms with Crippen LogP contribution in [0.4, 0.5) is 10.5 Å². The quantitative estimate of drug-likeness (QED) is 0.171. The zero-order chi connectivity index (χ0) is 29.3. The topological polar surface area (TPSA) is 155 Å². The molecular weight excluding hydrogens is 530 g/mol. The van der Waals surface area contributed by atoms with Gasteiger partial charge in [-0.15, -0.1) is 0 Å². The Labute approximate surface area is 225 Å². The number of nitro groups is 1. The lowest BCUT2D eigenvalue weighted by molar-refractivity contribution is -0.384. The number of hydrogen-bond acceptors (Lipinski definition) is 9. The Morgan fingerprint density at radius 1 is 1.13 bits per heavy atom. The summed E-state index contributed by atoms with van der Waals surface area (Å²) in [6, 6.07) is 7.74. The van der Waals surface area contributed by atoms with Crippen LogP contribution in [0.5, 0.6) is 0 Å². The summed E-state index contributed by atoms with van der Waals surface area (Å²) in [5, 5.41) is 11.5. The molecule has 0 radical (unpaired) electrons. The number of hydrogen-bond donors (Lipinski definition) is 0. The molecule has 0 aliphatic rings. The van der Waals surface area contributed by atoms with Gasteiger partial charge in [0.15, 0.2) is 12.3 Å². The van der Waals surface area contributed by atoms with Crippen LogP contribution in [-0.4, -0.2) is 59.3 Å². The number of aromatic nitrogens is 1. The minimum Gasteiger partial charge on any atom is -0.467 e. The fraction of sp³-hybridized carbons (Fsp3) is 0.346. The van der Waals surface area contributed by atoms with Gasteiger partial charge in [0.05, 0.1) is 23.5 Å². The number of nitro benzene ring substituents is 1. The first-order valence-electron chi connectivity index (χ1n) is 11.8. The Balaban J connectivity index is 2.26. The number of sulfonamides is 1. The number of benzene rings is 2. The number of nitrogens with zero attached hydrogens (tertiary/aromatic N) is 3. The number of carbonyl (C=O) groups is 3. The predicted octanol–water partition coefficient (Wildman–Crippen LogP) is 4.15. The maximum atomic E-state index is 13.8. The molecule has 0 saturated carbocycles. The SMILES string of the molecule is COC(=O)[C@H](Cn1c(C)c(C=O)c2cc([N+](=O)[O-])ccc21)N(C(=O)OC(C)(C)C)S(=O)(=O)c1ccc(C)cc1. The minimum absolute atomic E-state index is 0.113. The summed E-state index contributed by atoms with van der Waals surface area (Å²) in [5.74, 6) is -1.06. The highest BCUT2D eigenvalue weighted by Gasteiger charge is 2.43. The third-order valence-electron chi connectivity index (χ3n) is 5.95. The van der Waals surface area contributed by atoms with E-state index in [1.165, 1.54) is 41.8 Å². The van der Waals surface area contributed by atoms with E-state index in [9.17, 15) is 32.9 Å². The molecule has 12 nitrogen and oxygen atoms in total. The highest BCUT2D eigenvalue weighted by Crippen LogP contribution is 2.31. The monoisotopic (exact) mass is 559 g/mol. The molecule has 3 rings (SSSR count). The summed E-state index contributed by atoms with van der Waals surface area (Å²) >= 11 is 0. The Hall–Kier alpha value is -4.26. The van der Waals surface area contributed by atoms with E-state index in [0.29, 0.717) is 21.8 Å². The highest BCUT2D eigenvalue weighted by molar-refractivity contribution is 7.89. The zero-order valence-corrected chi connectivity index (χ0v) is 23.1. The van der Waals surface area contributed by atoms with Crippen LogP contribution in [-0.2, 0) is 30.8 Å². The fourth-order valence-corrected chi connectivity index (χ4v) is 5.50. The summed E-state index contributed by atoms with van der Waals surface area (Å²) in [6.07, 6.45) is -0.793. The number of ether oxygens (including phenoxy) is 2. The molecule has 1 heterocycles. The molecular formula is C26H29N3O9S. The van der Waals surface area contributed by atoms with Gasteiger partial charge in [-0.25, -0.2) is 18.0 Å². The first-order chi connectivity index (χ1) is 18.1. The number of aldehydes is 1. The van der Waals surface area contributed by atoms with Crippen molar-refractivity contribution in [3.8, 4) is 0 Å². The van der Waals surface area contributed by atoms with Gasteiger partial charge in [0.1, 0.15) is 5.60 Å². The first-order valence-corrected chi connectivity index (χ1v) is 13.2. The second-order valence-electron chi connectivity index (χ2n) is 9.82. The molecule has 1 amide bonds. The number of aryl methyl sites for hydroxylation is 1. The second kappa shape index (κ2) is 10.8. The number of rotatable bonds is 8. The minimum atomic E-state index is -4.66. The van der Waals surface area contributed by atoms with E-state index in [4.69, 9.17) is 9.47 Å². The Bertz CT molecular complexity index is 1550. The molecule has 0 saturated heterocycles. The van der Waals surface area contributed by atoms with Crippen molar-refractivity contribution in [1.29, 1.82) is 0 Å². The van der Waals surface area contributed by atoms with E-state index in [0.717, 1.165) is 12.7 Å². The van der Waals surface area contributed by atoms with Gasteiger partial charge in [0.25, 0.3) is 15.7 Å². The van der Waals surface area contributed by atoms with E-state index >= 15 is 0 Å². The molecule has 0 unspecified atom stereocenters. The predicted molar refractivity (Wildman–Crippen MR) is 141 cm³/mol. The lowest BCUT2D eigenvalue weighted by atomic mass is 10.1. The smallest absolute Gasteiger partial charge is 0.425 e. The fourth-order valence-electron chi connectivity index (χ4n) is 4.07. The molecule has 0 bridgehead atoms. The number of carbonyl (C=O) groups excluding carboxylic acids is 3. The van der Waals surface area contributed by atoms with Crippen molar-refractivity contribution in [3.63, 3.8) is 0 Å². The lowest BCUT2D eigenvalue weighted by Gasteiger charge is -2.32. The van der Waals surface area contributed by atoms with Crippen LogP contribution in [0, 0.1) is 24.0 Å². The van der Waals surface area contributed by atoms with E-state index in [1.807, 2.05) is 0 Å². The number of esters is 1. The second-order valence-corrected chi connectivity index (χ2v) is 11.6. The molecule has 1 atom stereocenters. The summed E-state index contributed by atoms with van der Waals surface area (Å²) in [6.45, 7) is 7.46. The maximum absolute atomic E-state index is 13.8. The van der Waals surface area contributed by atoms with Crippen LogP contribution in [0.25, 0.3) is 10.9 Å². The maximum Gasteiger partial charge on any atom is 0.425 e. The van der Waals surface area contributed by atoms with Gasteiger partial charge >= 0.3 is 12.1 Å². The molecule has 0 N–H and O–H groups in total. The van der Waals surface area contributed by atoms with Crippen LogP contribution in [0.2, 0.25) is 0 Å². The standard InChI is InChI=1S/C26H29N3O9S/c1-16-7-10-19(11-8-16)39(35,36)28(25(32)38-26(3,4)5)23(24(31)37-6)14-27-17(2)21(15-30)20-13-18(29(33)34)9-12-22(20)27/h7-13,15,23H,14H2,1-6H3/t23-/m0/s1. The molecule has 13 heteroatoms. The molecule has 1 aromatic heterocycles.